The molecule has 4 rings (SSSR count). The molecule has 0 amide bonds. The summed E-state index contributed by atoms with van der Waals surface area (Å²) in [4.78, 5) is 17.4. The number of ketones is 1. The predicted octanol–water partition coefficient (Wildman–Crippen LogP) is 7.57. The van der Waals surface area contributed by atoms with Gasteiger partial charge in [-0.1, -0.05) is 95.6 Å². The smallest absolute Gasteiger partial charge is 0.173 e. The van der Waals surface area contributed by atoms with E-state index < -0.39 is 0 Å². The van der Waals surface area contributed by atoms with Crippen LogP contribution >= 0.6 is 35.0 Å². The Morgan fingerprint density at radius 3 is 2.28 bits per heavy atom. The van der Waals surface area contributed by atoms with Gasteiger partial charge >= 0.3 is 0 Å². The van der Waals surface area contributed by atoms with Crippen LogP contribution in [0.5, 0.6) is 0 Å². The molecule has 0 aliphatic carbocycles. The van der Waals surface area contributed by atoms with E-state index in [-0.39, 0.29) is 11.5 Å². The molecular formula is C26H16Cl2N2OS. The normalized spacial score (nSPS) is 10.5. The zero-order chi connectivity index (χ0) is 22.5. The molecule has 6 heteroatoms. The van der Waals surface area contributed by atoms with Crippen molar-refractivity contribution in [1.29, 1.82) is 5.26 Å². The number of Topliss-reactive ketones (excluding diaryl/α,β-unsaturated/α-hetero) is 1. The molecule has 0 atom stereocenters. The van der Waals surface area contributed by atoms with Gasteiger partial charge in [0, 0.05) is 32.3 Å². The molecule has 0 radical (unpaired) electrons. The molecule has 0 aliphatic heterocycles. The Hall–Kier alpha value is -3.10. The van der Waals surface area contributed by atoms with Crippen LogP contribution in [0.1, 0.15) is 15.9 Å². The van der Waals surface area contributed by atoms with Crippen LogP contribution in [0.3, 0.4) is 0 Å². The summed E-state index contributed by atoms with van der Waals surface area (Å²) in [7, 11) is 0. The molecule has 0 saturated heterocycles. The predicted molar refractivity (Wildman–Crippen MR) is 131 cm³/mol. The Balaban J connectivity index is 1.80. The van der Waals surface area contributed by atoms with Gasteiger partial charge in [-0.25, -0.2) is 4.98 Å². The molecule has 156 valence electrons. The number of hydrogen-bond acceptors (Lipinski definition) is 4. The average Bonchev–Trinajstić information content (AvgIpc) is 2.83. The number of rotatable bonds is 6. The molecule has 32 heavy (non-hydrogen) atoms. The van der Waals surface area contributed by atoms with Crippen molar-refractivity contribution in [2.75, 3.05) is 5.75 Å². The molecular weight excluding hydrogens is 459 g/mol. The van der Waals surface area contributed by atoms with Crippen LogP contribution in [0.15, 0.2) is 90.0 Å². The van der Waals surface area contributed by atoms with E-state index in [1.54, 1.807) is 30.3 Å². The third-order valence-corrected chi connectivity index (χ3v) is 6.39. The van der Waals surface area contributed by atoms with Gasteiger partial charge in [-0.05, 0) is 24.3 Å². The number of nitriles is 1. The first-order chi connectivity index (χ1) is 15.6. The standard InChI is InChI=1S/C26H16Cl2N2OS/c27-19-12-10-17(11-13-19)24-14-21(20-8-4-5-9-23(20)28)22(15-29)26(30-24)32-16-25(31)18-6-2-1-3-7-18/h1-14H,16H2. The summed E-state index contributed by atoms with van der Waals surface area (Å²) in [6.07, 6.45) is 0. The van der Waals surface area contributed by atoms with Gasteiger partial charge in [0.2, 0.25) is 0 Å². The number of thioether (sulfide) groups is 1. The maximum Gasteiger partial charge on any atom is 0.173 e. The molecule has 0 spiro atoms. The van der Waals surface area contributed by atoms with Crippen molar-refractivity contribution < 1.29 is 4.79 Å². The SMILES string of the molecule is N#Cc1c(-c2ccccc2Cl)cc(-c2ccc(Cl)cc2)nc1SCC(=O)c1ccccc1. The molecule has 3 aromatic carbocycles. The highest BCUT2D eigenvalue weighted by Crippen LogP contribution is 2.37. The third-order valence-electron chi connectivity index (χ3n) is 4.84. The summed E-state index contributed by atoms with van der Waals surface area (Å²) in [5.41, 5.74) is 3.95. The summed E-state index contributed by atoms with van der Waals surface area (Å²) in [5, 5.41) is 11.6. The molecule has 0 saturated carbocycles. The highest BCUT2D eigenvalue weighted by atomic mass is 35.5. The van der Waals surface area contributed by atoms with Crippen molar-refractivity contribution in [2.45, 2.75) is 5.03 Å². The quantitative estimate of drug-likeness (QED) is 0.213. The Kier molecular flexibility index (Phi) is 6.92. The lowest BCUT2D eigenvalue weighted by Gasteiger charge is -2.13. The summed E-state index contributed by atoms with van der Waals surface area (Å²) in [5.74, 6) is 0.134. The number of carbonyl (C=O) groups is 1. The van der Waals surface area contributed by atoms with E-state index in [2.05, 4.69) is 6.07 Å². The fourth-order valence-corrected chi connectivity index (χ4v) is 4.50. The molecule has 1 heterocycles. The van der Waals surface area contributed by atoms with Gasteiger partial charge in [-0.2, -0.15) is 5.26 Å². The van der Waals surface area contributed by atoms with Gasteiger partial charge in [0.25, 0.3) is 0 Å². The van der Waals surface area contributed by atoms with Gasteiger partial charge < -0.3 is 0 Å². The zero-order valence-corrected chi connectivity index (χ0v) is 19.1. The molecule has 4 aromatic rings. The van der Waals surface area contributed by atoms with Crippen LogP contribution in [0, 0.1) is 11.3 Å². The number of carbonyl (C=O) groups excluding carboxylic acids is 1. The Bertz CT molecular complexity index is 1320. The van der Waals surface area contributed by atoms with Crippen LogP contribution in [0.2, 0.25) is 10.0 Å². The van der Waals surface area contributed by atoms with Crippen molar-refractivity contribution in [3.8, 4) is 28.5 Å². The largest absolute Gasteiger partial charge is 0.293 e. The van der Waals surface area contributed by atoms with Gasteiger partial charge in [0.05, 0.1) is 17.0 Å². The van der Waals surface area contributed by atoms with E-state index in [1.165, 1.54) is 11.8 Å². The van der Waals surface area contributed by atoms with Crippen molar-refractivity contribution in [3.05, 3.63) is 106 Å². The minimum Gasteiger partial charge on any atom is -0.293 e. The summed E-state index contributed by atoms with van der Waals surface area (Å²) < 4.78 is 0. The Morgan fingerprint density at radius 2 is 1.59 bits per heavy atom. The fourth-order valence-electron chi connectivity index (χ4n) is 3.24. The van der Waals surface area contributed by atoms with Crippen LogP contribution < -0.4 is 0 Å². The van der Waals surface area contributed by atoms with Crippen molar-refractivity contribution >= 4 is 40.7 Å². The first kappa shape index (κ1) is 22.1. The lowest BCUT2D eigenvalue weighted by molar-refractivity contribution is 0.102. The maximum absolute atomic E-state index is 12.7. The Morgan fingerprint density at radius 1 is 0.906 bits per heavy atom. The van der Waals surface area contributed by atoms with Crippen molar-refractivity contribution in [2.24, 2.45) is 0 Å². The number of pyridine rings is 1. The van der Waals surface area contributed by atoms with E-state index in [9.17, 15) is 10.1 Å². The van der Waals surface area contributed by atoms with E-state index in [0.717, 1.165) is 11.1 Å². The number of halogens is 2. The first-order valence-electron chi connectivity index (χ1n) is 9.74. The highest BCUT2D eigenvalue weighted by Gasteiger charge is 2.18. The third kappa shape index (κ3) is 4.87. The lowest BCUT2D eigenvalue weighted by atomic mass is 9.99. The monoisotopic (exact) mass is 474 g/mol. The topological polar surface area (TPSA) is 53.8 Å². The number of aromatic nitrogens is 1. The summed E-state index contributed by atoms with van der Waals surface area (Å²) in [6, 6.07) is 27.9. The van der Waals surface area contributed by atoms with E-state index in [1.807, 2.05) is 54.6 Å². The van der Waals surface area contributed by atoms with E-state index in [4.69, 9.17) is 28.2 Å². The van der Waals surface area contributed by atoms with Crippen molar-refractivity contribution in [3.63, 3.8) is 0 Å². The van der Waals surface area contributed by atoms with E-state index in [0.29, 0.717) is 37.5 Å². The maximum atomic E-state index is 12.7. The zero-order valence-electron chi connectivity index (χ0n) is 16.8. The van der Waals surface area contributed by atoms with E-state index >= 15 is 0 Å². The Labute approximate surface area is 200 Å². The second-order valence-electron chi connectivity index (χ2n) is 6.91. The van der Waals surface area contributed by atoms with Crippen LogP contribution in [-0.2, 0) is 0 Å². The molecule has 0 N–H and O–H groups in total. The molecule has 0 unspecified atom stereocenters. The van der Waals surface area contributed by atoms with Crippen molar-refractivity contribution in [1.82, 2.24) is 4.98 Å². The molecule has 3 nitrogen and oxygen atoms in total. The summed E-state index contributed by atoms with van der Waals surface area (Å²) >= 11 is 13.8. The molecule has 0 aliphatic rings. The second-order valence-corrected chi connectivity index (χ2v) is 8.72. The number of hydrogen-bond donors (Lipinski definition) is 0. The number of nitrogens with zero attached hydrogens (tertiary/aromatic N) is 2. The van der Waals surface area contributed by atoms with Gasteiger partial charge in [0.1, 0.15) is 11.1 Å². The lowest BCUT2D eigenvalue weighted by Crippen LogP contribution is -2.04. The minimum absolute atomic E-state index is 0.0301. The van der Waals surface area contributed by atoms with Gasteiger partial charge in [-0.3, -0.25) is 4.79 Å². The molecule has 0 bridgehead atoms. The first-order valence-corrected chi connectivity index (χ1v) is 11.5. The second kappa shape index (κ2) is 10.0. The van der Waals surface area contributed by atoms with Crippen LogP contribution in [0.25, 0.3) is 22.4 Å². The fraction of sp³-hybridized carbons (Fsp3) is 0.0385. The highest BCUT2D eigenvalue weighted by molar-refractivity contribution is 8.00. The minimum atomic E-state index is -0.0301. The average molecular weight is 475 g/mol. The van der Waals surface area contributed by atoms with Crippen LogP contribution in [0.4, 0.5) is 0 Å². The molecule has 0 fully saturated rings. The van der Waals surface area contributed by atoms with Gasteiger partial charge in [-0.15, -0.1) is 0 Å². The summed E-state index contributed by atoms with van der Waals surface area (Å²) in [6.45, 7) is 0. The number of benzene rings is 3. The van der Waals surface area contributed by atoms with Crippen LogP contribution in [-0.4, -0.2) is 16.5 Å². The van der Waals surface area contributed by atoms with Gasteiger partial charge in [0.15, 0.2) is 5.78 Å². The molecule has 1 aromatic heterocycles.